The van der Waals surface area contributed by atoms with Crippen molar-refractivity contribution in [1.82, 2.24) is 4.90 Å². The van der Waals surface area contributed by atoms with E-state index in [9.17, 15) is 4.79 Å². The Morgan fingerprint density at radius 1 is 1.12 bits per heavy atom. The van der Waals surface area contributed by atoms with Gasteiger partial charge in [-0.1, -0.05) is 0 Å². The molecule has 2 aliphatic rings. The number of rotatable bonds is 5. The van der Waals surface area contributed by atoms with Crippen molar-refractivity contribution in [3.8, 4) is 0 Å². The van der Waals surface area contributed by atoms with Crippen LogP contribution in [0, 0.1) is 0 Å². The van der Waals surface area contributed by atoms with Gasteiger partial charge in [0.05, 0.1) is 18.8 Å². The Labute approximate surface area is 144 Å². The highest BCUT2D eigenvalue weighted by Crippen LogP contribution is 2.25. The van der Waals surface area contributed by atoms with Crippen LogP contribution in [-0.4, -0.2) is 63.4 Å². The van der Waals surface area contributed by atoms with E-state index in [-0.39, 0.29) is 18.1 Å². The lowest BCUT2D eigenvalue weighted by atomic mass is 10.1. The third-order valence-corrected chi connectivity index (χ3v) is 5.16. The number of anilines is 1. The summed E-state index contributed by atoms with van der Waals surface area (Å²) in [5.41, 5.74) is 1.96. The molecular formula is C19H28N2O3. The van der Waals surface area contributed by atoms with Gasteiger partial charge in [0.15, 0.2) is 0 Å². The van der Waals surface area contributed by atoms with Crippen molar-refractivity contribution in [2.24, 2.45) is 0 Å². The molecule has 0 aliphatic carbocycles. The second-order valence-corrected chi connectivity index (χ2v) is 6.75. The lowest BCUT2D eigenvalue weighted by Gasteiger charge is -2.29. The summed E-state index contributed by atoms with van der Waals surface area (Å²) in [5, 5.41) is 0. The molecule has 1 amide bonds. The average molecular weight is 332 g/mol. The molecule has 0 unspecified atom stereocenters. The van der Waals surface area contributed by atoms with Crippen LogP contribution in [0.4, 0.5) is 5.69 Å². The van der Waals surface area contributed by atoms with Gasteiger partial charge in [-0.25, -0.2) is 0 Å². The molecule has 2 fully saturated rings. The molecule has 1 aromatic rings. The molecule has 3 rings (SSSR count). The summed E-state index contributed by atoms with van der Waals surface area (Å²) in [6, 6.07) is 8.16. The normalized spacial score (nSPS) is 24.4. The van der Waals surface area contributed by atoms with Crippen LogP contribution in [0.25, 0.3) is 0 Å². The number of ether oxygens (including phenoxy) is 2. The number of methoxy groups -OCH3 is 2. The van der Waals surface area contributed by atoms with Crippen molar-refractivity contribution in [3.05, 3.63) is 29.8 Å². The SMILES string of the molecule is COC[C@@H]1C[C@@H](OC)CN1C(=O)c1ccc(N2CCCCC2)cc1. The number of nitrogens with zero attached hydrogens (tertiary/aromatic N) is 2. The van der Waals surface area contributed by atoms with Crippen molar-refractivity contribution in [3.63, 3.8) is 0 Å². The van der Waals surface area contributed by atoms with E-state index in [1.807, 2.05) is 17.0 Å². The number of carbonyl (C=O) groups is 1. The maximum Gasteiger partial charge on any atom is 0.254 e. The highest BCUT2D eigenvalue weighted by Gasteiger charge is 2.35. The van der Waals surface area contributed by atoms with Gasteiger partial charge < -0.3 is 19.3 Å². The van der Waals surface area contributed by atoms with Crippen LogP contribution in [-0.2, 0) is 9.47 Å². The maximum absolute atomic E-state index is 12.9. The molecule has 0 saturated carbocycles. The van der Waals surface area contributed by atoms with Gasteiger partial charge in [-0.05, 0) is 49.9 Å². The molecule has 2 atom stereocenters. The number of hydrogen-bond donors (Lipinski definition) is 0. The summed E-state index contributed by atoms with van der Waals surface area (Å²) in [7, 11) is 3.38. The molecule has 0 spiro atoms. The minimum absolute atomic E-state index is 0.0711. The lowest BCUT2D eigenvalue weighted by Crippen LogP contribution is -2.38. The van der Waals surface area contributed by atoms with Crippen LogP contribution >= 0.6 is 0 Å². The van der Waals surface area contributed by atoms with Gasteiger partial charge in [0.2, 0.25) is 0 Å². The number of likely N-dealkylation sites (tertiary alicyclic amines) is 1. The van der Waals surface area contributed by atoms with E-state index in [1.165, 1.54) is 24.9 Å². The molecule has 24 heavy (non-hydrogen) atoms. The Hall–Kier alpha value is -1.59. The number of hydrogen-bond acceptors (Lipinski definition) is 4. The minimum atomic E-state index is 0.0711. The van der Waals surface area contributed by atoms with Crippen molar-refractivity contribution in [2.45, 2.75) is 37.8 Å². The highest BCUT2D eigenvalue weighted by molar-refractivity contribution is 5.95. The minimum Gasteiger partial charge on any atom is -0.383 e. The summed E-state index contributed by atoms with van der Waals surface area (Å²) in [4.78, 5) is 17.2. The maximum atomic E-state index is 12.9. The number of carbonyl (C=O) groups excluding carboxylic acids is 1. The summed E-state index contributed by atoms with van der Waals surface area (Å²) in [5.74, 6) is 0.0711. The van der Waals surface area contributed by atoms with Crippen molar-refractivity contribution < 1.29 is 14.3 Å². The van der Waals surface area contributed by atoms with Gasteiger partial charge in [0.25, 0.3) is 5.91 Å². The van der Waals surface area contributed by atoms with Crippen LogP contribution < -0.4 is 4.90 Å². The van der Waals surface area contributed by atoms with Crippen LogP contribution in [0.1, 0.15) is 36.0 Å². The first-order valence-electron chi connectivity index (χ1n) is 8.90. The number of piperidine rings is 1. The third kappa shape index (κ3) is 3.73. The van der Waals surface area contributed by atoms with Gasteiger partial charge in [-0.3, -0.25) is 4.79 Å². The van der Waals surface area contributed by atoms with E-state index in [2.05, 4.69) is 17.0 Å². The van der Waals surface area contributed by atoms with Gasteiger partial charge in [0, 0.05) is 45.1 Å². The van der Waals surface area contributed by atoms with Gasteiger partial charge in [0.1, 0.15) is 0 Å². The monoisotopic (exact) mass is 332 g/mol. The fraction of sp³-hybridized carbons (Fsp3) is 0.632. The van der Waals surface area contributed by atoms with E-state index in [1.54, 1.807) is 14.2 Å². The third-order valence-electron chi connectivity index (χ3n) is 5.16. The Morgan fingerprint density at radius 3 is 2.46 bits per heavy atom. The second kappa shape index (κ2) is 7.99. The molecule has 2 heterocycles. The molecule has 0 radical (unpaired) electrons. The predicted octanol–water partition coefficient (Wildman–Crippen LogP) is 2.55. The quantitative estimate of drug-likeness (QED) is 0.831. The summed E-state index contributed by atoms with van der Waals surface area (Å²) < 4.78 is 10.7. The standard InChI is InChI=1S/C19H28N2O3/c1-23-14-17-12-18(24-2)13-21(17)19(22)15-6-8-16(9-7-15)20-10-4-3-5-11-20/h6-9,17-18H,3-5,10-14H2,1-2H3/t17-,18+/m0/s1. The van der Waals surface area contributed by atoms with Crippen LogP contribution in [0.5, 0.6) is 0 Å². The van der Waals surface area contributed by atoms with Crippen molar-refractivity contribution in [1.29, 1.82) is 0 Å². The fourth-order valence-corrected chi connectivity index (χ4v) is 3.78. The first-order chi connectivity index (χ1) is 11.7. The zero-order valence-electron chi connectivity index (χ0n) is 14.7. The predicted molar refractivity (Wildman–Crippen MR) is 94.6 cm³/mol. The Kier molecular flexibility index (Phi) is 5.74. The number of amides is 1. The smallest absolute Gasteiger partial charge is 0.254 e. The van der Waals surface area contributed by atoms with Crippen LogP contribution in [0.2, 0.25) is 0 Å². The highest BCUT2D eigenvalue weighted by atomic mass is 16.5. The summed E-state index contributed by atoms with van der Waals surface area (Å²) >= 11 is 0. The Balaban J connectivity index is 1.69. The van der Waals surface area contributed by atoms with Gasteiger partial charge in [-0.2, -0.15) is 0 Å². The molecular weight excluding hydrogens is 304 g/mol. The largest absolute Gasteiger partial charge is 0.383 e. The van der Waals surface area contributed by atoms with E-state index in [4.69, 9.17) is 9.47 Å². The first kappa shape index (κ1) is 17.2. The molecule has 0 aromatic heterocycles. The first-order valence-corrected chi connectivity index (χ1v) is 8.90. The van der Waals surface area contributed by atoms with Gasteiger partial charge in [-0.15, -0.1) is 0 Å². The molecule has 5 nitrogen and oxygen atoms in total. The van der Waals surface area contributed by atoms with Crippen molar-refractivity contribution >= 4 is 11.6 Å². The van der Waals surface area contributed by atoms with E-state index < -0.39 is 0 Å². The summed E-state index contributed by atoms with van der Waals surface area (Å²) in [6.07, 6.45) is 4.77. The van der Waals surface area contributed by atoms with E-state index >= 15 is 0 Å². The molecule has 0 N–H and O–H groups in total. The van der Waals surface area contributed by atoms with E-state index in [0.29, 0.717) is 13.2 Å². The summed E-state index contributed by atoms with van der Waals surface area (Å²) in [6.45, 7) is 3.42. The zero-order chi connectivity index (χ0) is 16.9. The lowest BCUT2D eigenvalue weighted by molar-refractivity contribution is 0.0612. The van der Waals surface area contributed by atoms with Crippen LogP contribution in [0.3, 0.4) is 0 Å². The van der Waals surface area contributed by atoms with E-state index in [0.717, 1.165) is 25.1 Å². The van der Waals surface area contributed by atoms with Gasteiger partial charge >= 0.3 is 0 Å². The Bertz CT molecular complexity index is 540. The molecule has 5 heteroatoms. The zero-order valence-corrected chi connectivity index (χ0v) is 14.7. The molecule has 0 bridgehead atoms. The van der Waals surface area contributed by atoms with Crippen molar-refractivity contribution in [2.75, 3.05) is 45.4 Å². The molecule has 1 aromatic carbocycles. The molecule has 2 aliphatic heterocycles. The average Bonchev–Trinajstić information content (AvgIpc) is 3.05. The molecule has 132 valence electrons. The van der Waals surface area contributed by atoms with Crippen LogP contribution in [0.15, 0.2) is 24.3 Å². The second-order valence-electron chi connectivity index (χ2n) is 6.75. The molecule has 2 saturated heterocycles. The number of benzene rings is 1. The topological polar surface area (TPSA) is 42.0 Å². The Morgan fingerprint density at radius 2 is 1.83 bits per heavy atom. The fourth-order valence-electron chi connectivity index (χ4n) is 3.78.